The molecule has 3 rings (SSSR count). The molecular weight excluding hydrogens is 467 g/mol. The van der Waals surface area contributed by atoms with E-state index in [1.165, 1.54) is 18.0 Å². The lowest BCUT2D eigenvalue weighted by Crippen LogP contribution is -2.19. The number of rotatable bonds is 9. The van der Waals surface area contributed by atoms with Crippen molar-refractivity contribution < 1.29 is 14.3 Å². The molecule has 0 saturated heterocycles. The van der Waals surface area contributed by atoms with Crippen LogP contribution < -0.4 is 14.9 Å². The number of ether oxygens (including phenoxy) is 2. The number of thioether (sulfide) groups is 1. The van der Waals surface area contributed by atoms with Gasteiger partial charge in [-0.15, -0.1) is 11.8 Å². The molecule has 0 aliphatic carbocycles. The Bertz CT molecular complexity index is 1100. The van der Waals surface area contributed by atoms with E-state index in [-0.39, 0.29) is 11.7 Å². The van der Waals surface area contributed by atoms with Crippen molar-refractivity contribution >= 4 is 47.1 Å². The van der Waals surface area contributed by atoms with E-state index in [2.05, 4.69) is 16.6 Å². The lowest BCUT2D eigenvalue weighted by molar-refractivity contribution is -0.118. The molecule has 0 atom stereocenters. The van der Waals surface area contributed by atoms with Gasteiger partial charge in [0, 0.05) is 9.92 Å². The summed E-state index contributed by atoms with van der Waals surface area (Å²) in [5, 5.41) is 5.05. The summed E-state index contributed by atoms with van der Waals surface area (Å²) >= 11 is 13.7. The zero-order chi connectivity index (χ0) is 22.9. The first kappa shape index (κ1) is 24.0. The number of hydrazone groups is 1. The molecule has 0 heterocycles. The van der Waals surface area contributed by atoms with Gasteiger partial charge >= 0.3 is 0 Å². The van der Waals surface area contributed by atoms with Crippen LogP contribution in [0.4, 0.5) is 0 Å². The number of hydrogen-bond acceptors (Lipinski definition) is 5. The number of amides is 1. The van der Waals surface area contributed by atoms with Crippen LogP contribution in [-0.4, -0.2) is 25.0 Å². The number of carbonyl (C=O) groups excluding carboxylic acids is 1. The standard InChI is InChI=1S/C24H22Cl2N2O3S/c1-16-4-3-5-17(10-16)14-31-24-21(26)11-18(12-22(24)30-2)13-27-28-23(29)15-32-20-8-6-19(25)7-9-20/h3-13H,14-15H2,1-2H3,(H,28,29)/b27-13-. The zero-order valence-electron chi connectivity index (χ0n) is 17.6. The fourth-order valence-electron chi connectivity index (χ4n) is 2.80. The van der Waals surface area contributed by atoms with E-state index in [9.17, 15) is 4.79 Å². The molecule has 32 heavy (non-hydrogen) atoms. The Morgan fingerprint density at radius 3 is 2.62 bits per heavy atom. The predicted molar refractivity (Wildman–Crippen MR) is 131 cm³/mol. The van der Waals surface area contributed by atoms with Crippen LogP contribution in [0.15, 0.2) is 70.7 Å². The number of benzene rings is 3. The number of nitrogens with one attached hydrogen (secondary N) is 1. The van der Waals surface area contributed by atoms with Gasteiger partial charge in [-0.2, -0.15) is 5.10 Å². The van der Waals surface area contributed by atoms with Crippen LogP contribution in [0.3, 0.4) is 0 Å². The third kappa shape index (κ3) is 7.19. The van der Waals surface area contributed by atoms with Crippen molar-refractivity contribution in [3.05, 3.63) is 87.4 Å². The number of halogens is 2. The van der Waals surface area contributed by atoms with Crippen molar-refractivity contribution in [2.75, 3.05) is 12.9 Å². The van der Waals surface area contributed by atoms with Gasteiger partial charge in [0.05, 0.1) is 24.1 Å². The van der Waals surface area contributed by atoms with Gasteiger partial charge in [-0.3, -0.25) is 4.79 Å². The summed E-state index contributed by atoms with van der Waals surface area (Å²) in [5.74, 6) is 0.944. The second-order valence-corrected chi connectivity index (χ2v) is 8.74. The van der Waals surface area contributed by atoms with Crippen molar-refractivity contribution in [1.82, 2.24) is 5.43 Å². The van der Waals surface area contributed by atoms with E-state index >= 15 is 0 Å². The van der Waals surface area contributed by atoms with Crippen molar-refractivity contribution in [2.45, 2.75) is 18.4 Å². The molecule has 1 N–H and O–H groups in total. The topological polar surface area (TPSA) is 59.9 Å². The fraction of sp³-hybridized carbons (Fsp3) is 0.167. The maximum atomic E-state index is 12.0. The summed E-state index contributed by atoms with van der Waals surface area (Å²) in [7, 11) is 1.54. The Morgan fingerprint density at radius 1 is 1.12 bits per heavy atom. The van der Waals surface area contributed by atoms with Gasteiger partial charge in [0.25, 0.3) is 0 Å². The van der Waals surface area contributed by atoms with Crippen LogP contribution >= 0.6 is 35.0 Å². The maximum Gasteiger partial charge on any atom is 0.250 e. The Balaban J connectivity index is 1.57. The van der Waals surface area contributed by atoms with Crippen molar-refractivity contribution in [3.8, 4) is 11.5 Å². The van der Waals surface area contributed by atoms with Crippen LogP contribution in [0.5, 0.6) is 11.5 Å². The normalized spacial score (nSPS) is 10.9. The highest BCUT2D eigenvalue weighted by molar-refractivity contribution is 8.00. The van der Waals surface area contributed by atoms with Crippen molar-refractivity contribution in [1.29, 1.82) is 0 Å². The SMILES string of the molecule is COc1cc(/C=N\NC(=O)CSc2ccc(Cl)cc2)cc(Cl)c1OCc1cccc(C)c1. The average Bonchev–Trinajstić information content (AvgIpc) is 2.77. The second-order valence-electron chi connectivity index (χ2n) is 6.85. The lowest BCUT2D eigenvalue weighted by atomic mass is 10.1. The Labute approximate surface area is 201 Å². The van der Waals surface area contributed by atoms with Crippen LogP contribution in [0.25, 0.3) is 0 Å². The van der Waals surface area contributed by atoms with Gasteiger partial charge in [-0.05, 0) is 54.4 Å². The van der Waals surface area contributed by atoms with Crippen LogP contribution in [-0.2, 0) is 11.4 Å². The molecule has 0 spiro atoms. The van der Waals surface area contributed by atoms with E-state index in [0.717, 1.165) is 16.0 Å². The van der Waals surface area contributed by atoms with Gasteiger partial charge in [0.1, 0.15) is 6.61 Å². The van der Waals surface area contributed by atoms with Crippen molar-refractivity contribution in [2.24, 2.45) is 5.10 Å². The highest BCUT2D eigenvalue weighted by Gasteiger charge is 2.12. The molecule has 0 saturated carbocycles. The number of aryl methyl sites for hydroxylation is 1. The summed E-state index contributed by atoms with van der Waals surface area (Å²) in [5.41, 5.74) is 5.36. The lowest BCUT2D eigenvalue weighted by Gasteiger charge is -2.13. The number of nitrogens with zero attached hydrogens (tertiary/aromatic N) is 1. The highest BCUT2D eigenvalue weighted by Crippen LogP contribution is 2.36. The molecule has 1 amide bonds. The molecule has 5 nitrogen and oxygen atoms in total. The maximum absolute atomic E-state index is 12.0. The van der Waals surface area contributed by atoms with E-state index in [1.54, 1.807) is 31.4 Å². The molecular formula is C24H22Cl2N2O3S. The minimum Gasteiger partial charge on any atom is -0.493 e. The highest BCUT2D eigenvalue weighted by atomic mass is 35.5. The molecule has 0 aliphatic heterocycles. The van der Waals surface area contributed by atoms with Crippen LogP contribution in [0.2, 0.25) is 10.0 Å². The van der Waals surface area contributed by atoms with Gasteiger partial charge in [-0.25, -0.2) is 5.43 Å². The monoisotopic (exact) mass is 488 g/mol. The van der Waals surface area contributed by atoms with Gasteiger partial charge in [0.2, 0.25) is 5.91 Å². The molecule has 3 aromatic rings. The average molecular weight is 489 g/mol. The van der Waals surface area contributed by atoms with E-state index in [0.29, 0.717) is 33.7 Å². The van der Waals surface area contributed by atoms with Crippen molar-refractivity contribution in [3.63, 3.8) is 0 Å². The first-order valence-electron chi connectivity index (χ1n) is 9.71. The molecule has 0 radical (unpaired) electrons. The molecule has 0 aliphatic rings. The first-order chi connectivity index (χ1) is 15.4. The number of hydrogen-bond donors (Lipinski definition) is 1. The summed E-state index contributed by atoms with van der Waals surface area (Å²) in [6.07, 6.45) is 1.50. The van der Waals surface area contributed by atoms with E-state index in [4.69, 9.17) is 32.7 Å². The molecule has 8 heteroatoms. The second kappa shape index (κ2) is 11.8. The van der Waals surface area contributed by atoms with Gasteiger partial charge < -0.3 is 9.47 Å². The summed E-state index contributed by atoms with van der Waals surface area (Å²) in [6.45, 7) is 2.40. The largest absolute Gasteiger partial charge is 0.493 e. The smallest absolute Gasteiger partial charge is 0.250 e. The predicted octanol–water partition coefficient (Wildman–Crippen LogP) is 6.13. The number of methoxy groups -OCH3 is 1. The summed E-state index contributed by atoms with van der Waals surface area (Å²) in [6, 6.07) is 18.8. The molecule has 0 fully saturated rings. The molecule has 0 unspecified atom stereocenters. The third-order valence-corrected chi connectivity index (χ3v) is 5.85. The first-order valence-corrected chi connectivity index (χ1v) is 11.4. The molecule has 166 valence electrons. The summed E-state index contributed by atoms with van der Waals surface area (Å²) < 4.78 is 11.3. The van der Waals surface area contributed by atoms with Crippen LogP contribution in [0.1, 0.15) is 16.7 Å². The quantitative estimate of drug-likeness (QED) is 0.223. The Kier molecular flexibility index (Phi) is 8.85. The third-order valence-electron chi connectivity index (χ3n) is 4.30. The fourth-order valence-corrected chi connectivity index (χ4v) is 3.89. The number of carbonyl (C=O) groups is 1. The Morgan fingerprint density at radius 2 is 1.91 bits per heavy atom. The molecule has 0 aromatic heterocycles. The summed E-state index contributed by atoms with van der Waals surface area (Å²) in [4.78, 5) is 13.0. The molecule has 3 aromatic carbocycles. The van der Waals surface area contributed by atoms with E-state index in [1.807, 2.05) is 37.3 Å². The Hall–Kier alpha value is -2.67. The zero-order valence-corrected chi connectivity index (χ0v) is 19.9. The van der Waals surface area contributed by atoms with Crippen LogP contribution in [0, 0.1) is 6.92 Å². The molecule has 0 bridgehead atoms. The van der Waals surface area contributed by atoms with Gasteiger partial charge in [-0.1, -0.05) is 53.0 Å². The van der Waals surface area contributed by atoms with Gasteiger partial charge in [0.15, 0.2) is 11.5 Å². The minimum atomic E-state index is -0.225. The minimum absolute atomic E-state index is 0.225. The van der Waals surface area contributed by atoms with E-state index < -0.39 is 0 Å².